The summed E-state index contributed by atoms with van der Waals surface area (Å²) in [5.74, 6) is 1.74. The number of amides is 2. The zero-order valence-electron chi connectivity index (χ0n) is 16.0. The monoisotopic (exact) mass is 384 g/mol. The molecule has 0 aliphatic heterocycles. The first-order chi connectivity index (χ1) is 13.6. The van der Waals surface area contributed by atoms with Gasteiger partial charge in [-0.25, -0.2) is 0 Å². The van der Waals surface area contributed by atoms with Crippen LogP contribution in [0.3, 0.4) is 0 Å². The highest BCUT2D eigenvalue weighted by Gasteiger charge is 2.29. The van der Waals surface area contributed by atoms with Crippen molar-refractivity contribution < 1.29 is 23.8 Å². The third-order valence-electron chi connectivity index (χ3n) is 4.39. The maximum absolute atomic E-state index is 12.1. The summed E-state index contributed by atoms with van der Waals surface area (Å²) in [4.78, 5) is 23.9. The van der Waals surface area contributed by atoms with Crippen LogP contribution in [0.4, 0.5) is 5.69 Å². The minimum atomic E-state index is -0.259. The van der Waals surface area contributed by atoms with Gasteiger partial charge in [0.05, 0.1) is 14.2 Å². The molecule has 0 aromatic heterocycles. The van der Waals surface area contributed by atoms with Crippen molar-refractivity contribution in [3.63, 3.8) is 0 Å². The Labute approximate surface area is 164 Å². The number of anilines is 1. The number of hydrogen-bond donors (Lipinski definition) is 2. The number of rotatable bonds is 9. The van der Waals surface area contributed by atoms with Crippen molar-refractivity contribution in [3.8, 4) is 17.2 Å². The van der Waals surface area contributed by atoms with E-state index in [1.807, 2.05) is 12.1 Å². The number of carbonyl (C=O) groups excluding carboxylic acids is 2. The third kappa shape index (κ3) is 5.39. The maximum Gasteiger partial charge on any atom is 0.258 e. The van der Waals surface area contributed by atoms with Crippen LogP contribution in [0, 0.1) is 5.92 Å². The first kappa shape index (κ1) is 19.5. The number of benzene rings is 2. The third-order valence-corrected chi connectivity index (χ3v) is 4.39. The molecular weight excluding hydrogens is 360 g/mol. The summed E-state index contributed by atoms with van der Waals surface area (Å²) in [5.41, 5.74) is 1.50. The summed E-state index contributed by atoms with van der Waals surface area (Å²) in [6, 6.07) is 12.4. The van der Waals surface area contributed by atoms with Gasteiger partial charge in [-0.15, -0.1) is 0 Å². The maximum atomic E-state index is 12.1. The molecule has 28 heavy (non-hydrogen) atoms. The van der Waals surface area contributed by atoms with Crippen LogP contribution in [-0.2, 0) is 16.1 Å². The van der Waals surface area contributed by atoms with Gasteiger partial charge < -0.3 is 24.8 Å². The summed E-state index contributed by atoms with van der Waals surface area (Å²) >= 11 is 0. The second-order valence-corrected chi connectivity index (χ2v) is 6.53. The Bertz CT molecular complexity index is 848. The fourth-order valence-electron chi connectivity index (χ4n) is 2.65. The predicted molar refractivity (Wildman–Crippen MR) is 105 cm³/mol. The molecule has 2 aromatic rings. The second-order valence-electron chi connectivity index (χ2n) is 6.53. The van der Waals surface area contributed by atoms with Crippen molar-refractivity contribution in [2.45, 2.75) is 19.4 Å². The van der Waals surface area contributed by atoms with Crippen LogP contribution < -0.4 is 24.8 Å². The smallest absolute Gasteiger partial charge is 0.258 e. The molecular formula is C21H24N2O5. The summed E-state index contributed by atoms with van der Waals surface area (Å²) in [6.45, 7) is 0.186. The Kier molecular flexibility index (Phi) is 6.37. The number of nitrogens with one attached hydrogen (secondary N) is 2. The van der Waals surface area contributed by atoms with E-state index in [0.29, 0.717) is 29.5 Å². The first-order valence-electron chi connectivity index (χ1n) is 9.10. The molecule has 1 saturated carbocycles. The molecule has 148 valence electrons. The molecule has 1 aliphatic carbocycles. The average molecular weight is 384 g/mol. The van der Waals surface area contributed by atoms with Gasteiger partial charge in [-0.1, -0.05) is 6.07 Å². The molecule has 0 heterocycles. The van der Waals surface area contributed by atoms with Crippen molar-refractivity contribution in [2.75, 3.05) is 26.1 Å². The molecule has 3 rings (SSSR count). The van der Waals surface area contributed by atoms with E-state index in [4.69, 9.17) is 14.2 Å². The van der Waals surface area contributed by atoms with E-state index in [1.54, 1.807) is 44.6 Å². The van der Waals surface area contributed by atoms with E-state index < -0.39 is 0 Å². The molecule has 0 bridgehead atoms. The molecule has 1 fully saturated rings. The largest absolute Gasteiger partial charge is 0.497 e. The predicted octanol–water partition coefficient (Wildman–Crippen LogP) is 2.75. The van der Waals surface area contributed by atoms with E-state index in [-0.39, 0.29) is 24.3 Å². The van der Waals surface area contributed by atoms with Gasteiger partial charge in [0.2, 0.25) is 5.91 Å². The minimum absolute atomic E-state index is 0.0309. The van der Waals surface area contributed by atoms with Crippen LogP contribution in [0.15, 0.2) is 42.5 Å². The van der Waals surface area contributed by atoms with Gasteiger partial charge in [0, 0.05) is 35.8 Å². The van der Waals surface area contributed by atoms with Crippen LogP contribution in [0.2, 0.25) is 0 Å². The van der Waals surface area contributed by atoms with Crippen LogP contribution in [0.25, 0.3) is 0 Å². The van der Waals surface area contributed by atoms with Gasteiger partial charge in [0.1, 0.15) is 17.2 Å². The summed E-state index contributed by atoms with van der Waals surface area (Å²) in [6.07, 6.45) is 1.89. The lowest BCUT2D eigenvalue weighted by Gasteiger charge is -2.12. The zero-order chi connectivity index (χ0) is 19.9. The van der Waals surface area contributed by atoms with E-state index in [1.165, 1.54) is 0 Å². The Hall–Kier alpha value is -3.22. The second kappa shape index (κ2) is 9.12. The highest BCUT2D eigenvalue weighted by atomic mass is 16.5. The first-order valence-corrected chi connectivity index (χ1v) is 9.10. The Morgan fingerprint density at radius 2 is 1.86 bits per heavy atom. The molecule has 2 aromatic carbocycles. The van der Waals surface area contributed by atoms with E-state index >= 15 is 0 Å². The standard InChI is InChI=1S/C21H24N2O5/c1-26-17-9-8-15(19(11-17)27-2)12-22-20(24)13-28-18-5-3-4-16(10-18)23-21(25)14-6-7-14/h3-5,8-11,14H,6-7,12-13H2,1-2H3,(H,22,24)(H,23,25). The fourth-order valence-corrected chi connectivity index (χ4v) is 2.65. The molecule has 7 nitrogen and oxygen atoms in total. The number of carbonyl (C=O) groups is 2. The van der Waals surface area contributed by atoms with E-state index in [2.05, 4.69) is 10.6 Å². The molecule has 0 spiro atoms. The van der Waals surface area contributed by atoms with Crippen LogP contribution in [0.5, 0.6) is 17.2 Å². The summed E-state index contributed by atoms with van der Waals surface area (Å²) < 4.78 is 16.0. The van der Waals surface area contributed by atoms with Crippen molar-refractivity contribution in [3.05, 3.63) is 48.0 Å². The van der Waals surface area contributed by atoms with Gasteiger partial charge >= 0.3 is 0 Å². The Balaban J connectivity index is 1.48. The van der Waals surface area contributed by atoms with E-state index in [0.717, 1.165) is 18.4 Å². The van der Waals surface area contributed by atoms with Crippen molar-refractivity contribution >= 4 is 17.5 Å². The van der Waals surface area contributed by atoms with Gasteiger partial charge in [0.15, 0.2) is 6.61 Å². The van der Waals surface area contributed by atoms with Crippen LogP contribution >= 0.6 is 0 Å². The van der Waals surface area contributed by atoms with E-state index in [9.17, 15) is 9.59 Å². The van der Waals surface area contributed by atoms with Gasteiger partial charge in [-0.2, -0.15) is 0 Å². The van der Waals surface area contributed by atoms with Crippen molar-refractivity contribution in [2.24, 2.45) is 5.92 Å². The Morgan fingerprint density at radius 1 is 1.04 bits per heavy atom. The molecule has 0 unspecified atom stereocenters. The quantitative estimate of drug-likeness (QED) is 0.694. The lowest BCUT2D eigenvalue weighted by molar-refractivity contribution is -0.123. The normalized spacial score (nSPS) is 12.8. The average Bonchev–Trinajstić information content (AvgIpc) is 3.56. The van der Waals surface area contributed by atoms with Crippen LogP contribution in [0.1, 0.15) is 18.4 Å². The highest BCUT2D eigenvalue weighted by molar-refractivity contribution is 5.94. The van der Waals surface area contributed by atoms with Gasteiger partial charge in [-0.3, -0.25) is 9.59 Å². The SMILES string of the molecule is COc1ccc(CNC(=O)COc2cccc(NC(=O)C3CC3)c2)c(OC)c1. The number of methoxy groups -OCH3 is 2. The lowest BCUT2D eigenvalue weighted by atomic mass is 10.2. The summed E-state index contributed by atoms with van der Waals surface area (Å²) in [7, 11) is 3.15. The highest BCUT2D eigenvalue weighted by Crippen LogP contribution is 2.30. The molecule has 0 radical (unpaired) electrons. The fraction of sp³-hybridized carbons (Fsp3) is 0.333. The molecule has 2 amide bonds. The topological polar surface area (TPSA) is 85.9 Å². The lowest BCUT2D eigenvalue weighted by Crippen LogP contribution is -2.28. The summed E-state index contributed by atoms with van der Waals surface area (Å²) in [5, 5.41) is 5.65. The number of ether oxygens (including phenoxy) is 3. The Morgan fingerprint density at radius 3 is 2.57 bits per heavy atom. The van der Waals surface area contributed by atoms with Gasteiger partial charge in [-0.05, 0) is 37.1 Å². The van der Waals surface area contributed by atoms with Crippen molar-refractivity contribution in [1.82, 2.24) is 5.32 Å². The minimum Gasteiger partial charge on any atom is -0.497 e. The molecule has 0 atom stereocenters. The zero-order valence-corrected chi connectivity index (χ0v) is 16.0. The molecule has 2 N–H and O–H groups in total. The molecule has 7 heteroatoms. The van der Waals surface area contributed by atoms with Crippen LogP contribution in [-0.4, -0.2) is 32.6 Å². The van der Waals surface area contributed by atoms with Gasteiger partial charge in [0.25, 0.3) is 5.91 Å². The van der Waals surface area contributed by atoms with Crippen molar-refractivity contribution in [1.29, 1.82) is 0 Å². The molecule has 0 saturated heterocycles. The number of hydrogen-bond acceptors (Lipinski definition) is 5. The molecule has 1 aliphatic rings.